The van der Waals surface area contributed by atoms with Gasteiger partial charge in [-0.2, -0.15) is 0 Å². The van der Waals surface area contributed by atoms with Crippen molar-refractivity contribution in [1.29, 1.82) is 5.41 Å². The van der Waals surface area contributed by atoms with E-state index in [0.29, 0.717) is 29.6 Å². The van der Waals surface area contributed by atoms with Crippen molar-refractivity contribution in [1.82, 2.24) is 4.98 Å². The summed E-state index contributed by atoms with van der Waals surface area (Å²) in [5.74, 6) is 0.483. The molecule has 1 aliphatic heterocycles. The number of hydrogen-bond acceptors (Lipinski definition) is 5. The van der Waals surface area contributed by atoms with E-state index in [2.05, 4.69) is 4.98 Å². The van der Waals surface area contributed by atoms with Gasteiger partial charge in [-0.3, -0.25) is 5.41 Å². The van der Waals surface area contributed by atoms with Gasteiger partial charge in [-0.1, -0.05) is 11.6 Å². The number of nitrogen functional groups attached to an aromatic ring is 1. The van der Waals surface area contributed by atoms with Crippen LogP contribution in [0.3, 0.4) is 0 Å². The zero-order valence-electron chi connectivity index (χ0n) is 10.6. The van der Waals surface area contributed by atoms with Crippen LogP contribution in [-0.4, -0.2) is 47.8 Å². The van der Waals surface area contributed by atoms with Gasteiger partial charge in [0.2, 0.25) is 0 Å². The van der Waals surface area contributed by atoms with E-state index in [0.717, 1.165) is 0 Å². The lowest BCUT2D eigenvalue weighted by Crippen LogP contribution is -2.50. The highest BCUT2D eigenvalue weighted by Gasteiger charge is 2.28. The molecule has 0 radical (unpaired) electrons. The summed E-state index contributed by atoms with van der Waals surface area (Å²) in [5.41, 5.74) is 5.95. The van der Waals surface area contributed by atoms with Crippen molar-refractivity contribution in [3.8, 4) is 0 Å². The second-order valence-corrected chi connectivity index (χ2v) is 4.93. The number of aromatic nitrogens is 1. The predicted molar refractivity (Wildman–Crippen MR) is 73.9 cm³/mol. The number of rotatable bonds is 3. The molecule has 2 unspecified atom stereocenters. The van der Waals surface area contributed by atoms with Gasteiger partial charge in [0.15, 0.2) is 0 Å². The Hall–Kier alpha value is -1.37. The zero-order chi connectivity index (χ0) is 14.0. The number of pyridine rings is 1. The standard InChI is InChI=1S/C12H17ClN4O2/c1-7-6-19-8(5-18)4-17(7)12-10(13)9(11(14)15)2-3-16-12/h2-3,7-8,18H,4-6H2,1H3,(H3,14,15). The number of anilines is 1. The van der Waals surface area contributed by atoms with E-state index in [9.17, 15) is 5.11 Å². The van der Waals surface area contributed by atoms with Crippen LogP contribution in [0, 0.1) is 5.41 Å². The molecule has 2 atom stereocenters. The fourth-order valence-electron chi connectivity index (χ4n) is 2.06. The van der Waals surface area contributed by atoms with Crippen molar-refractivity contribution in [3.63, 3.8) is 0 Å². The highest BCUT2D eigenvalue weighted by molar-refractivity contribution is 6.36. The molecule has 0 spiro atoms. The Bertz CT molecular complexity index is 483. The van der Waals surface area contributed by atoms with Crippen LogP contribution in [0.15, 0.2) is 12.3 Å². The van der Waals surface area contributed by atoms with E-state index < -0.39 is 0 Å². The number of morpholine rings is 1. The monoisotopic (exact) mass is 284 g/mol. The molecule has 19 heavy (non-hydrogen) atoms. The minimum atomic E-state index is -0.255. The molecule has 1 aromatic heterocycles. The first kappa shape index (κ1) is 14.0. The number of aliphatic hydroxyl groups excluding tert-OH is 1. The van der Waals surface area contributed by atoms with E-state index >= 15 is 0 Å². The summed E-state index contributed by atoms with van der Waals surface area (Å²) in [6.07, 6.45) is 1.32. The normalized spacial score (nSPS) is 23.4. The average molecular weight is 285 g/mol. The van der Waals surface area contributed by atoms with Gasteiger partial charge in [0.05, 0.1) is 30.4 Å². The predicted octanol–water partition coefficient (Wildman–Crippen LogP) is 0.605. The van der Waals surface area contributed by atoms with Gasteiger partial charge < -0.3 is 20.5 Å². The van der Waals surface area contributed by atoms with Crippen LogP contribution in [0.4, 0.5) is 5.82 Å². The summed E-state index contributed by atoms with van der Waals surface area (Å²) in [5, 5.41) is 17.1. The molecule has 2 rings (SSSR count). The number of nitrogens with two attached hydrogens (primary N) is 1. The number of ether oxygens (including phenoxy) is 1. The van der Waals surface area contributed by atoms with Gasteiger partial charge in [-0.15, -0.1) is 0 Å². The number of nitrogens with zero attached hydrogens (tertiary/aromatic N) is 2. The van der Waals surface area contributed by atoms with Crippen molar-refractivity contribution in [2.45, 2.75) is 19.1 Å². The van der Waals surface area contributed by atoms with Gasteiger partial charge in [0.25, 0.3) is 0 Å². The summed E-state index contributed by atoms with van der Waals surface area (Å²) >= 11 is 6.27. The minimum Gasteiger partial charge on any atom is -0.394 e. The topological polar surface area (TPSA) is 95.5 Å². The number of hydrogen-bond donors (Lipinski definition) is 3. The highest BCUT2D eigenvalue weighted by atomic mass is 35.5. The maximum absolute atomic E-state index is 9.19. The Labute approximate surface area is 116 Å². The molecule has 104 valence electrons. The number of nitrogens with one attached hydrogen (secondary N) is 1. The summed E-state index contributed by atoms with van der Waals surface area (Å²) in [4.78, 5) is 6.24. The third-order valence-electron chi connectivity index (χ3n) is 3.14. The molecule has 0 bridgehead atoms. The number of aliphatic hydroxyl groups is 1. The molecule has 0 saturated carbocycles. The maximum atomic E-state index is 9.19. The number of halogens is 1. The summed E-state index contributed by atoms with van der Waals surface area (Å²) in [6.45, 7) is 2.94. The largest absolute Gasteiger partial charge is 0.394 e. The van der Waals surface area contributed by atoms with Crippen molar-refractivity contribution in [2.75, 3.05) is 24.7 Å². The second kappa shape index (κ2) is 5.73. The highest BCUT2D eigenvalue weighted by Crippen LogP contribution is 2.29. The zero-order valence-corrected chi connectivity index (χ0v) is 11.4. The Balaban J connectivity index is 2.34. The van der Waals surface area contributed by atoms with Crippen LogP contribution >= 0.6 is 11.6 Å². The van der Waals surface area contributed by atoms with Crippen LogP contribution in [0.2, 0.25) is 5.02 Å². The Morgan fingerprint density at radius 2 is 2.47 bits per heavy atom. The average Bonchev–Trinajstić information content (AvgIpc) is 2.39. The molecule has 1 aromatic rings. The number of amidine groups is 1. The van der Waals surface area contributed by atoms with Gasteiger partial charge >= 0.3 is 0 Å². The van der Waals surface area contributed by atoms with E-state index in [1.54, 1.807) is 12.3 Å². The Morgan fingerprint density at radius 3 is 3.11 bits per heavy atom. The lowest BCUT2D eigenvalue weighted by atomic mass is 10.1. The Kier molecular flexibility index (Phi) is 4.24. The van der Waals surface area contributed by atoms with Crippen LogP contribution in [0.1, 0.15) is 12.5 Å². The molecule has 6 nitrogen and oxygen atoms in total. The molecule has 4 N–H and O–H groups in total. The fraction of sp³-hybridized carbons (Fsp3) is 0.500. The molecule has 0 aromatic carbocycles. The quantitative estimate of drug-likeness (QED) is 0.558. The first-order valence-corrected chi connectivity index (χ1v) is 6.40. The minimum absolute atomic E-state index is 0.0484. The summed E-state index contributed by atoms with van der Waals surface area (Å²) < 4.78 is 5.48. The third kappa shape index (κ3) is 2.80. The first-order chi connectivity index (χ1) is 9.04. The molecule has 2 heterocycles. The molecule has 0 amide bonds. The lowest BCUT2D eigenvalue weighted by molar-refractivity contribution is -0.0105. The molecular formula is C12H17ClN4O2. The Morgan fingerprint density at radius 1 is 1.74 bits per heavy atom. The van der Waals surface area contributed by atoms with Crippen LogP contribution < -0.4 is 10.6 Å². The first-order valence-electron chi connectivity index (χ1n) is 6.02. The van der Waals surface area contributed by atoms with Crippen LogP contribution in [-0.2, 0) is 4.74 Å². The van der Waals surface area contributed by atoms with E-state index in [1.807, 2.05) is 11.8 Å². The molecule has 7 heteroatoms. The summed E-state index contributed by atoms with van der Waals surface area (Å²) in [7, 11) is 0. The molecule has 1 aliphatic rings. The van der Waals surface area contributed by atoms with E-state index in [-0.39, 0.29) is 24.6 Å². The van der Waals surface area contributed by atoms with Crippen molar-refractivity contribution < 1.29 is 9.84 Å². The summed E-state index contributed by atoms with van der Waals surface area (Å²) in [6, 6.07) is 1.71. The smallest absolute Gasteiger partial charge is 0.148 e. The lowest BCUT2D eigenvalue weighted by Gasteiger charge is -2.38. The molecule has 1 fully saturated rings. The second-order valence-electron chi connectivity index (χ2n) is 4.55. The molecular weight excluding hydrogens is 268 g/mol. The van der Waals surface area contributed by atoms with E-state index in [4.69, 9.17) is 27.5 Å². The van der Waals surface area contributed by atoms with Crippen molar-refractivity contribution >= 4 is 23.3 Å². The van der Waals surface area contributed by atoms with Crippen LogP contribution in [0.25, 0.3) is 0 Å². The fourth-order valence-corrected chi connectivity index (χ4v) is 2.39. The van der Waals surface area contributed by atoms with Gasteiger partial charge in [0, 0.05) is 18.3 Å². The van der Waals surface area contributed by atoms with Gasteiger partial charge in [0.1, 0.15) is 11.7 Å². The SMILES string of the molecule is CC1COC(CO)CN1c1nccc(C(=N)N)c1Cl. The van der Waals surface area contributed by atoms with Crippen molar-refractivity contribution in [2.24, 2.45) is 5.73 Å². The van der Waals surface area contributed by atoms with Crippen molar-refractivity contribution in [3.05, 3.63) is 22.8 Å². The molecule has 1 saturated heterocycles. The van der Waals surface area contributed by atoms with Gasteiger partial charge in [-0.25, -0.2) is 4.98 Å². The van der Waals surface area contributed by atoms with Gasteiger partial charge in [-0.05, 0) is 13.0 Å². The maximum Gasteiger partial charge on any atom is 0.148 e. The van der Waals surface area contributed by atoms with Crippen LogP contribution in [0.5, 0.6) is 0 Å². The van der Waals surface area contributed by atoms with E-state index in [1.165, 1.54) is 0 Å². The third-order valence-corrected chi connectivity index (χ3v) is 3.51. The molecule has 0 aliphatic carbocycles.